The van der Waals surface area contributed by atoms with Gasteiger partial charge in [0.05, 0.1) is 6.10 Å². The minimum absolute atomic E-state index is 0.0889. The average molecular weight is 524 g/mol. The summed E-state index contributed by atoms with van der Waals surface area (Å²) in [4.78, 5) is 12.0. The van der Waals surface area contributed by atoms with E-state index in [0.29, 0.717) is 6.42 Å². The number of aliphatic carboxylic acids is 1. The first-order chi connectivity index (χ1) is 16.4. The van der Waals surface area contributed by atoms with Gasteiger partial charge in [-0.1, -0.05) is 97.8 Å². The van der Waals surface area contributed by atoms with Gasteiger partial charge in [0.2, 0.25) is 0 Å². The van der Waals surface area contributed by atoms with Crippen molar-refractivity contribution in [3.05, 3.63) is 0 Å². The second-order valence-corrected chi connectivity index (χ2v) is 12.1. The van der Waals surface area contributed by atoms with Gasteiger partial charge in [-0.15, -0.1) is 4.52 Å². The molecule has 202 valence electrons. The van der Waals surface area contributed by atoms with Gasteiger partial charge in [0.25, 0.3) is 0 Å². The molecule has 4 atom stereocenters. The van der Waals surface area contributed by atoms with Crippen molar-refractivity contribution in [1.82, 2.24) is 0 Å². The van der Waals surface area contributed by atoms with Crippen molar-refractivity contribution < 1.29 is 28.8 Å². The lowest BCUT2D eigenvalue weighted by atomic mass is 10.1. The van der Waals surface area contributed by atoms with Crippen LogP contribution in [-0.4, -0.2) is 51.8 Å². The number of thioether (sulfide) groups is 1. The smallest absolute Gasteiger partial charge is 0.476 e. The van der Waals surface area contributed by atoms with Gasteiger partial charge in [0.1, 0.15) is 13.2 Å². The van der Waals surface area contributed by atoms with E-state index < -0.39 is 32.1 Å². The van der Waals surface area contributed by atoms with Gasteiger partial charge in [-0.2, -0.15) is 11.8 Å². The minimum atomic E-state index is -2.71. The molecule has 0 rings (SSSR count). The summed E-state index contributed by atoms with van der Waals surface area (Å²) in [5.74, 6) is -0.436. The molecule has 8 heteroatoms. The number of aliphatic hydroxyl groups is 1. The highest BCUT2D eigenvalue weighted by Gasteiger charge is 2.62. The lowest BCUT2D eigenvalue weighted by molar-refractivity contribution is -0.164. The van der Waals surface area contributed by atoms with E-state index in [1.165, 1.54) is 64.2 Å². The molecular weight excluding hydrogens is 471 g/mol. The van der Waals surface area contributed by atoms with Gasteiger partial charge in [-0.05, 0) is 36.5 Å². The molecule has 0 aliphatic rings. The predicted molar refractivity (Wildman–Crippen MR) is 144 cm³/mol. The number of ether oxygens (including phenoxy) is 1. The SMILES string of the molecule is CCCCCCCCCCSC(CCCCCCC)C(C)OC(CO)(C(=O)O)[P+](=O)OCCC. The molecule has 0 aliphatic heterocycles. The molecule has 6 nitrogen and oxygen atoms in total. The number of carbonyl (C=O) groups is 1. The molecule has 34 heavy (non-hydrogen) atoms. The Bertz CT molecular complexity index is 522. The van der Waals surface area contributed by atoms with E-state index in [1.54, 1.807) is 0 Å². The quantitative estimate of drug-likeness (QED) is 0.0926. The van der Waals surface area contributed by atoms with Crippen LogP contribution in [0, 0.1) is 0 Å². The summed E-state index contributed by atoms with van der Waals surface area (Å²) < 4.78 is 23.8. The van der Waals surface area contributed by atoms with Gasteiger partial charge in [-0.3, -0.25) is 0 Å². The zero-order chi connectivity index (χ0) is 25.7. The molecule has 0 heterocycles. The predicted octanol–water partition coefficient (Wildman–Crippen LogP) is 7.94. The lowest BCUT2D eigenvalue weighted by Crippen LogP contribution is -2.46. The van der Waals surface area contributed by atoms with E-state index in [1.807, 2.05) is 25.6 Å². The molecular formula is C26H52O6PS+. The van der Waals surface area contributed by atoms with Crippen molar-refractivity contribution in [1.29, 1.82) is 0 Å². The van der Waals surface area contributed by atoms with E-state index in [2.05, 4.69) is 13.8 Å². The molecule has 0 spiro atoms. The number of hydrogen-bond acceptors (Lipinski definition) is 6. The maximum Gasteiger partial charge on any atom is 0.559 e. The Kier molecular flexibility index (Phi) is 21.9. The number of carboxylic acids is 1. The molecule has 0 aromatic heterocycles. The van der Waals surface area contributed by atoms with Gasteiger partial charge in [-0.25, -0.2) is 4.79 Å². The van der Waals surface area contributed by atoms with Crippen molar-refractivity contribution >= 4 is 25.8 Å². The monoisotopic (exact) mass is 523 g/mol. The Labute approximate surface area is 214 Å². The second kappa shape index (κ2) is 22.0. The van der Waals surface area contributed by atoms with Crippen LogP contribution >= 0.6 is 19.8 Å². The van der Waals surface area contributed by atoms with Crippen molar-refractivity contribution in [2.24, 2.45) is 0 Å². The maximum atomic E-state index is 12.7. The van der Waals surface area contributed by atoms with Crippen LogP contribution in [0.1, 0.15) is 124 Å². The van der Waals surface area contributed by atoms with Crippen molar-refractivity contribution in [3.63, 3.8) is 0 Å². The van der Waals surface area contributed by atoms with Crippen LogP contribution < -0.4 is 0 Å². The minimum Gasteiger partial charge on any atom is -0.476 e. The highest BCUT2D eigenvalue weighted by molar-refractivity contribution is 7.99. The van der Waals surface area contributed by atoms with Crippen LogP contribution in [0.5, 0.6) is 0 Å². The first-order valence-electron chi connectivity index (χ1n) is 13.6. The average Bonchev–Trinajstić information content (AvgIpc) is 2.82. The largest absolute Gasteiger partial charge is 0.559 e. The summed E-state index contributed by atoms with van der Waals surface area (Å²) in [6, 6.07) is 0. The van der Waals surface area contributed by atoms with Crippen molar-refractivity contribution in [2.45, 2.75) is 141 Å². The molecule has 0 aliphatic carbocycles. The molecule has 4 unspecified atom stereocenters. The number of hydrogen-bond donors (Lipinski definition) is 2. The second-order valence-electron chi connectivity index (χ2n) is 9.25. The lowest BCUT2D eigenvalue weighted by Gasteiger charge is -2.28. The van der Waals surface area contributed by atoms with Crippen LogP contribution in [0.3, 0.4) is 0 Å². The first-order valence-corrected chi connectivity index (χ1v) is 15.9. The fourth-order valence-corrected chi connectivity index (χ4v) is 6.28. The van der Waals surface area contributed by atoms with E-state index in [9.17, 15) is 19.6 Å². The summed E-state index contributed by atoms with van der Waals surface area (Å²) >= 11 is 1.82. The Balaban J connectivity index is 4.91. The van der Waals surface area contributed by atoms with Gasteiger partial charge >= 0.3 is 19.3 Å². The Morgan fingerprint density at radius 1 is 0.882 bits per heavy atom. The van der Waals surface area contributed by atoms with Crippen molar-refractivity contribution in [2.75, 3.05) is 19.0 Å². The molecule has 0 amide bonds. The molecule has 0 fully saturated rings. The molecule has 0 aromatic rings. The molecule has 0 saturated heterocycles. The molecule has 0 aromatic carbocycles. The topological polar surface area (TPSA) is 93.1 Å². The fraction of sp³-hybridized carbons (Fsp3) is 0.962. The summed E-state index contributed by atoms with van der Waals surface area (Å²) in [6.45, 7) is 7.41. The van der Waals surface area contributed by atoms with E-state index in [-0.39, 0.29) is 11.9 Å². The van der Waals surface area contributed by atoms with E-state index in [4.69, 9.17) is 9.26 Å². The molecule has 0 saturated carbocycles. The highest BCUT2D eigenvalue weighted by Crippen LogP contribution is 2.43. The van der Waals surface area contributed by atoms with Crippen LogP contribution in [0.4, 0.5) is 0 Å². The van der Waals surface area contributed by atoms with Crippen molar-refractivity contribution in [3.8, 4) is 0 Å². The van der Waals surface area contributed by atoms with Gasteiger partial charge < -0.3 is 14.9 Å². The summed E-state index contributed by atoms with van der Waals surface area (Å²) in [6.07, 6.45) is 17.1. The summed E-state index contributed by atoms with van der Waals surface area (Å²) in [5.41, 5.74) is 0. The standard InChI is InChI=1S/C26H51O6PS/c1-5-8-10-12-13-14-16-18-21-34-24(19-17-15-11-9-6-2)23(4)32-26(22-27,25(28)29)33(30)31-20-7-3/h23-24,27H,5-22H2,1-4H3/p+1. The van der Waals surface area contributed by atoms with Crippen LogP contribution in [0.15, 0.2) is 0 Å². The molecule has 0 bridgehead atoms. The Morgan fingerprint density at radius 3 is 1.91 bits per heavy atom. The third-order valence-corrected chi connectivity index (χ3v) is 9.10. The van der Waals surface area contributed by atoms with Gasteiger partial charge in [0, 0.05) is 5.25 Å². The van der Waals surface area contributed by atoms with Gasteiger partial charge in [0.15, 0.2) is 0 Å². The van der Waals surface area contributed by atoms with Crippen LogP contribution in [-0.2, 0) is 18.6 Å². The Hall–Kier alpha value is -0.200. The van der Waals surface area contributed by atoms with E-state index >= 15 is 0 Å². The summed E-state index contributed by atoms with van der Waals surface area (Å²) in [5, 5.41) is 17.6. The van der Waals surface area contributed by atoms with Crippen LogP contribution in [0.2, 0.25) is 0 Å². The zero-order valence-corrected chi connectivity index (χ0v) is 24.0. The molecule has 0 radical (unpaired) electrons. The number of rotatable bonds is 25. The number of aliphatic hydroxyl groups excluding tert-OH is 1. The number of carboxylic acid groups (broad SMARTS) is 1. The first kappa shape index (κ1) is 33.8. The molecule has 2 N–H and O–H groups in total. The highest BCUT2D eigenvalue weighted by atomic mass is 32.2. The third-order valence-electron chi connectivity index (χ3n) is 6.08. The maximum absolute atomic E-state index is 12.7. The zero-order valence-electron chi connectivity index (χ0n) is 22.3. The third kappa shape index (κ3) is 14.4. The Morgan fingerprint density at radius 2 is 1.41 bits per heavy atom. The van der Waals surface area contributed by atoms with E-state index in [0.717, 1.165) is 31.4 Å². The van der Waals surface area contributed by atoms with Crippen LogP contribution in [0.25, 0.3) is 0 Å². The normalized spacial score (nSPS) is 15.6. The fourth-order valence-electron chi connectivity index (χ4n) is 3.87. The summed E-state index contributed by atoms with van der Waals surface area (Å²) in [7, 11) is -2.71. The number of unbranched alkanes of at least 4 members (excludes halogenated alkanes) is 11.